The molecule has 0 aliphatic carbocycles. The van der Waals surface area contributed by atoms with Crippen molar-refractivity contribution in [1.29, 1.82) is 0 Å². The molecule has 7 nitrogen and oxygen atoms in total. The molecule has 2 heterocycles. The van der Waals surface area contributed by atoms with E-state index in [1.54, 1.807) is 13.8 Å². The minimum atomic E-state index is -0.646. The number of hydrogen-bond donors (Lipinski definition) is 2. The summed E-state index contributed by atoms with van der Waals surface area (Å²) < 4.78 is 7.29. The predicted octanol–water partition coefficient (Wildman–Crippen LogP) is 3.03. The summed E-state index contributed by atoms with van der Waals surface area (Å²) in [6.07, 6.45) is 2.01. The summed E-state index contributed by atoms with van der Waals surface area (Å²) in [5, 5.41) is 5.49. The van der Waals surface area contributed by atoms with Crippen molar-refractivity contribution in [3.8, 4) is 0 Å². The third-order valence-corrected chi connectivity index (χ3v) is 4.44. The first-order valence-corrected chi connectivity index (χ1v) is 8.97. The van der Waals surface area contributed by atoms with E-state index in [9.17, 15) is 9.59 Å². The number of nitrogens with one attached hydrogen (secondary N) is 2. The van der Waals surface area contributed by atoms with E-state index in [1.165, 1.54) is 0 Å². The van der Waals surface area contributed by atoms with Crippen LogP contribution in [0.25, 0.3) is 11.0 Å². The number of benzene rings is 1. The molecule has 2 aromatic rings. The molecule has 7 heteroatoms. The molecule has 3 rings (SSSR count). The van der Waals surface area contributed by atoms with Crippen LogP contribution in [0.2, 0.25) is 0 Å². The molecule has 2 N–H and O–H groups in total. The predicted molar refractivity (Wildman–Crippen MR) is 98.4 cm³/mol. The van der Waals surface area contributed by atoms with Gasteiger partial charge >= 0.3 is 12.0 Å². The first kappa shape index (κ1) is 18.0. The number of hydrogen-bond acceptors (Lipinski definition) is 4. The molecule has 1 aliphatic heterocycles. The number of esters is 1. The van der Waals surface area contributed by atoms with E-state index in [0.717, 1.165) is 30.4 Å². The smallest absolute Gasteiger partial charge is 0.338 e. The van der Waals surface area contributed by atoms with Gasteiger partial charge in [-0.2, -0.15) is 0 Å². The fraction of sp³-hybridized carbons (Fsp3) is 0.421. The number of allylic oxidation sites excluding steroid dienone is 1. The first-order chi connectivity index (χ1) is 12.6. The Morgan fingerprint density at radius 3 is 2.81 bits per heavy atom. The maximum Gasteiger partial charge on any atom is 0.338 e. The van der Waals surface area contributed by atoms with Crippen LogP contribution in [0.4, 0.5) is 4.79 Å². The average Bonchev–Trinajstić information content (AvgIpc) is 2.97. The molecule has 0 fully saturated rings. The Balaban J connectivity index is 2.14. The maximum atomic E-state index is 12.5. The number of aromatic nitrogens is 2. The highest BCUT2D eigenvalue weighted by molar-refractivity contribution is 5.95. The summed E-state index contributed by atoms with van der Waals surface area (Å²) in [5.41, 5.74) is 2.71. The number of para-hydroxylation sites is 2. The summed E-state index contributed by atoms with van der Waals surface area (Å²) in [4.78, 5) is 29.3. The normalized spacial score (nSPS) is 17.2. The number of urea groups is 1. The van der Waals surface area contributed by atoms with Crippen LogP contribution in [-0.2, 0) is 16.1 Å². The van der Waals surface area contributed by atoms with Gasteiger partial charge in [-0.05, 0) is 32.4 Å². The third kappa shape index (κ3) is 3.29. The van der Waals surface area contributed by atoms with Crippen molar-refractivity contribution >= 4 is 23.0 Å². The largest absolute Gasteiger partial charge is 0.463 e. The van der Waals surface area contributed by atoms with Crippen molar-refractivity contribution < 1.29 is 14.3 Å². The highest BCUT2D eigenvalue weighted by Crippen LogP contribution is 2.30. The maximum absolute atomic E-state index is 12.5. The summed E-state index contributed by atoms with van der Waals surface area (Å²) >= 11 is 0. The lowest BCUT2D eigenvalue weighted by Gasteiger charge is -2.28. The van der Waals surface area contributed by atoms with E-state index in [4.69, 9.17) is 9.72 Å². The molecule has 0 spiro atoms. The van der Waals surface area contributed by atoms with Crippen LogP contribution in [0.3, 0.4) is 0 Å². The molecule has 0 radical (unpaired) electrons. The van der Waals surface area contributed by atoms with Gasteiger partial charge in [-0.25, -0.2) is 14.6 Å². The molecular formula is C19H24N4O3. The van der Waals surface area contributed by atoms with Gasteiger partial charge < -0.3 is 19.9 Å². The number of carbonyl (C=O) groups is 2. The van der Waals surface area contributed by atoms with Crippen molar-refractivity contribution in [2.45, 2.75) is 46.2 Å². The summed E-state index contributed by atoms with van der Waals surface area (Å²) in [5.74, 6) is 0.202. The molecule has 1 unspecified atom stereocenters. The van der Waals surface area contributed by atoms with E-state index in [2.05, 4.69) is 22.1 Å². The van der Waals surface area contributed by atoms with Gasteiger partial charge in [0.25, 0.3) is 0 Å². The second-order valence-corrected chi connectivity index (χ2v) is 6.25. The number of nitrogens with zero attached hydrogens (tertiary/aromatic N) is 2. The second kappa shape index (κ2) is 7.59. The van der Waals surface area contributed by atoms with Crippen molar-refractivity contribution in [3.63, 3.8) is 0 Å². The number of imidazole rings is 1. The van der Waals surface area contributed by atoms with E-state index >= 15 is 0 Å². The summed E-state index contributed by atoms with van der Waals surface area (Å²) in [7, 11) is 0. The van der Waals surface area contributed by atoms with Gasteiger partial charge in [0.15, 0.2) is 0 Å². The van der Waals surface area contributed by atoms with Crippen molar-refractivity contribution in [3.05, 3.63) is 41.4 Å². The molecular weight excluding hydrogens is 332 g/mol. The average molecular weight is 356 g/mol. The van der Waals surface area contributed by atoms with E-state index < -0.39 is 12.0 Å². The van der Waals surface area contributed by atoms with Gasteiger partial charge in [0, 0.05) is 12.2 Å². The Morgan fingerprint density at radius 1 is 1.31 bits per heavy atom. The Labute approximate surface area is 152 Å². The third-order valence-electron chi connectivity index (χ3n) is 4.44. The van der Waals surface area contributed by atoms with Gasteiger partial charge in [0.1, 0.15) is 11.9 Å². The van der Waals surface area contributed by atoms with Crippen molar-refractivity contribution in [1.82, 2.24) is 20.2 Å². The number of aryl methyl sites for hydroxylation is 1. The Hall–Kier alpha value is -2.83. The van der Waals surface area contributed by atoms with Crippen LogP contribution in [-0.4, -0.2) is 28.2 Å². The van der Waals surface area contributed by atoms with Crippen LogP contribution < -0.4 is 10.6 Å². The number of unbranched alkanes of at least 4 members (excludes halogenated alkanes) is 1. The fourth-order valence-corrected chi connectivity index (χ4v) is 3.23. The molecule has 138 valence electrons. The standard InChI is InChI=1S/C19H24N4O3/c1-4-6-11-23-14-10-8-7-9-13(14)21-17(23)16-15(18(24)26-5-2)12(3)20-19(25)22-16/h7-10,16H,4-6,11H2,1-3H3,(H2,20,22,25). The van der Waals surface area contributed by atoms with Crippen molar-refractivity contribution in [2.75, 3.05) is 6.61 Å². The fourth-order valence-electron chi connectivity index (χ4n) is 3.23. The van der Waals surface area contributed by atoms with Crippen LogP contribution >= 0.6 is 0 Å². The molecule has 2 amide bonds. The quantitative estimate of drug-likeness (QED) is 0.779. The molecule has 0 saturated carbocycles. The first-order valence-electron chi connectivity index (χ1n) is 8.97. The number of ether oxygens (including phenoxy) is 1. The minimum Gasteiger partial charge on any atom is -0.463 e. The number of rotatable bonds is 6. The monoisotopic (exact) mass is 356 g/mol. The van der Waals surface area contributed by atoms with Crippen LogP contribution in [0.15, 0.2) is 35.5 Å². The van der Waals surface area contributed by atoms with Gasteiger partial charge in [-0.1, -0.05) is 25.5 Å². The molecule has 0 bridgehead atoms. The summed E-state index contributed by atoms with van der Waals surface area (Å²) in [6.45, 7) is 6.62. The zero-order valence-electron chi connectivity index (χ0n) is 15.3. The van der Waals surface area contributed by atoms with E-state index in [1.807, 2.05) is 24.3 Å². The molecule has 1 aliphatic rings. The van der Waals surface area contributed by atoms with Gasteiger partial charge in [0.05, 0.1) is 23.2 Å². The van der Waals surface area contributed by atoms with Gasteiger partial charge in [-0.15, -0.1) is 0 Å². The molecule has 0 saturated heterocycles. The zero-order valence-corrected chi connectivity index (χ0v) is 15.3. The number of carbonyl (C=O) groups excluding carboxylic acids is 2. The second-order valence-electron chi connectivity index (χ2n) is 6.25. The van der Waals surface area contributed by atoms with Crippen molar-refractivity contribution in [2.24, 2.45) is 0 Å². The highest BCUT2D eigenvalue weighted by atomic mass is 16.5. The van der Waals surface area contributed by atoms with Crippen LogP contribution in [0.1, 0.15) is 45.5 Å². The van der Waals surface area contributed by atoms with Crippen LogP contribution in [0.5, 0.6) is 0 Å². The SMILES string of the molecule is CCCCn1c(C2NC(=O)NC(C)=C2C(=O)OCC)nc2ccccc21. The lowest BCUT2D eigenvalue weighted by atomic mass is 10.0. The Kier molecular flexibility index (Phi) is 5.25. The van der Waals surface area contributed by atoms with E-state index in [0.29, 0.717) is 17.1 Å². The minimum absolute atomic E-state index is 0.266. The highest BCUT2D eigenvalue weighted by Gasteiger charge is 2.35. The Bertz CT molecular complexity index is 869. The topological polar surface area (TPSA) is 85.2 Å². The lowest BCUT2D eigenvalue weighted by molar-refractivity contribution is -0.139. The molecule has 1 aromatic heterocycles. The van der Waals surface area contributed by atoms with Crippen LogP contribution in [0, 0.1) is 0 Å². The zero-order chi connectivity index (χ0) is 18.7. The lowest BCUT2D eigenvalue weighted by Crippen LogP contribution is -2.46. The van der Waals surface area contributed by atoms with E-state index in [-0.39, 0.29) is 12.6 Å². The summed E-state index contributed by atoms with van der Waals surface area (Å²) in [6, 6.07) is 6.83. The molecule has 1 aromatic carbocycles. The molecule has 1 atom stereocenters. The Morgan fingerprint density at radius 2 is 2.08 bits per heavy atom. The number of amides is 2. The number of fused-ring (bicyclic) bond motifs is 1. The van der Waals surface area contributed by atoms with Gasteiger partial charge in [0.2, 0.25) is 0 Å². The van der Waals surface area contributed by atoms with Gasteiger partial charge in [-0.3, -0.25) is 0 Å². The molecule has 26 heavy (non-hydrogen) atoms.